The molecule has 2 aromatic carbocycles. The smallest absolute Gasteiger partial charge is 0.276 e. The number of hydrogen-bond donors (Lipinski definition) is 2. The number of nitrogens with zero attached hydrogens (tertiary/aromatic N) is 2. The van der Waals surface area contributed by atoms with E-state index >= 15 is 0 Å². The lowest BCUT2D eigenvalue weighted by Crippen LogP contribution is -2.20. The molecule has 136 valence electrons. The fourth-order valence-electron chi connectivity index (χ4n) is 1.95. The summed E-state index contributed by atoms with van der Waals surface area (Å²) in [6.45, 7) is 1.69. The van der Waals surface area contributed by atoms with E-state index in [1.54, 1.807) is 18.2 Å². The number of benzene rings is 2. The molecule has 0 saturated heterocycles. The zero-order valence-electron chi connectivity index (χ0n) is 13.7. The first-order valence-corrected chi connectivity index (χ1v) is 8.89. The van der Waals surface area contributed by atoms with Gasteiger partial charge in [0.25, 0.3) is 15.7 Å². The van der Waals surface area contributed by atoms with Gasteiger partial charge in [0.15, 0.2) is 0 Å². The average Bonchev–Trinajstić information content (AvgIpc) is 2.60. The third kappa shape index (κ3) is 5.38. The van der Waals surface area contributed by atoms with Gasteiger partial charge in [-0.2, -0.15) is 13.5 Å². The quantitative estimate of drug-likeness (QED) is 0.430. The third-order valence-corrected chi connectivity index (χ3v) is 4.48. The zero-order chi connectivity index (χ0) is 19.2. The number of carbonyl (C=O) groups excluding carboxylic acids is 1. The highest BCUT2D eigenvalue weighted by atomic mass is 32.2. The highest BCUT2D eigenvalue weighted by Gasteiger charge is 2.12. The Balaban J connectivity index is 2.05. The van der Waals surface area contributed by atoms with Crippen molar-refractivity contribution < 1.29 is 18.1 Å². The van der Waals surface area contributed by atoms with Gasteiger partial charge in [0, 0.05) is 31.2 Å². The molecule has 2 aromatic rings. The summed E-state index contributed by atoms with van der Waals surface area (Å²) in [6, 6.07) is 11.6. The molecule has 9 nitrogen and oxygen atoms in total. The fourth-order valence-corrected chi connectivity index (χ4v) is 2.75. The maximum absolute atomic E-state index is 12.2. The van der Waals surface area contributed by atoms with Crippen molar-refractivity contribution in [3.8, 4) is 0 Å². The van der Waals surface area contributed by atoms with Crippen LogP contribution in [0.3, 0.4) is 0 Å². The molecule has 0 aliphatic rings. The molecule has 26 heavy (non-hydrogen) atoms. The first kappa shape index (κ1) is 19.1. The summed E-state index contributed by atoms with van der Waals surface area (Å²) < 4.78 is 24.3. The van der Waals surface area contributed by atoms with E-state index in [-0.39, 0.29) is 16.5 Å². The van der Waals surface area contributed by atoms with E-state index < -0.39 is 14.9 Å². The molecule has 10 heteroatoms. The van der Waals surface area contributed by atoms with Crippen LogP contribution < -0.4 is 10.1 Å². The maximum Gasteiger partial charge on any atom is 0.276 e. The molecule has 0 fully saturated rings. The van der Waals surface area contributed by atoms with Crippen LogP contribution in [-0.4, -0.2) is 25.5 Å². The van der Waals surface area contributed by atoms with Crippen molar-refractivity contribution in [2.24, 2.45) is 5.10 Å². The van der Waals surface area contributed by atoms with Crippen molar-refractivity contribution in [3.05, 3.63) is 69.8 Å². The predicted molar refractivity (Wildman–Crippen MR) is 95.0 cm³/mol. The van der Waals surface area contributed by atoms with Crippen LogP contribution in [0.1, 0.15) is 18.1 Å². The normalized spacial score (nSPS) is 11.3. The molecular weight excluding hydrogens is 360 g/mol. The minimum absolute atomic E-state index is 0.000247. The van der Waals surface area contributed by atoms with Crippen LogP contribution in [-0.2, 0) is 21.4 Å². The molecule has 0 heterocycles. The van der Waals surface area contributed by atoms with E-state index in [1.165, 1.54) is 43.5 Å². The summed E-state index contributed by atoms with van der Waals surface area (Å²) in [6.07, 6.45) is 1.18. The second-order valence-corrected chi connectivity index (χ2v) is 6.92. The Labute approximate surface area is 149 Å². The lowest BCUT2D eigenvalue weighted by Gasteiger charge is -2.06. The van der Waals surface area contributed by atoms with Gasteiger partial charge in [-0.3, -0.25) is 14.9 Å². The van der Waals surface area contributed by atoms with Crippen molar-refractivity contribution in [1.82, 2.24) is 10.1 Å². The lowest BCUT2D eigenvalue weighted by molar-refractivity contribution is -0.384. The molecule has 0 aliphatic heterocycles. The second kappa shape index (κ2) is 8.21. The van der Waals surface area contributed by atoms with Gasteiger partial charge < -0.3 is 5.32 Å². The average molecular weight is 376 g/mol. The second-order valence-electron chi connectivity index (χ2n) is 5.26. The molecule has 0 aliphatic carbocycles. The number of rotatable bonds is 7. The SMILES string of the molecule is CC(=O)NCc1ccc(S(=O)(=O)NN=Cc2cccc([N+](=O)[O-])c2)cc1. The van der Waals surface area contributed by atoms with Crippen molar-refractivity contribution in [3.63, 3.8) is 0 Å². The number of sulfonamides is 1. The van der Waals surface area contributed by atoms with Crippen LogP contribution in [0.25, 0.3) is 0 Å². The summed E-state index contributed by atoms with van der Waals surface area (Å²) in [7, 11) is -3.87. The van der Waals surface area contributed by atoms with E-state index in [4.69, 9.17) is 0 Å². The topological polar surface area (TPSA) is 131 Å². The standard InChI is InChI=1S/C16H16N4O5S/c1-12(21)17-10-13-5-7-16(8-6-13)26(24,25)19-18-11-14-3-2-4-15(9-14)20(22)23/h2-9,11,19H,10H2,1H3,(H,17,21). The molecule has 0 unspecified atom stereocenters. The molecule has 0 aromatic heterocycles. The monoisotopic (exact) mass is 376 g/mol. The summed E-state index contributed by atoms with van der Waals surface area (Å²) in [4.78, 5) is 23.1. The molecule has 0 radical (unpaired) electrons. The van der Waals surface area contributed by atoms with Gasteiger partial charge in [0.05, 0.1) is 16.0 Å². The van der Waals surface area contributed by atoms with Crippen molar-refractivity contribution in [2.75, 3.05) is 0 Å². The van der Waals surface area contributed by atoms with Gasteiger partial charge in [-0.05, 0) is 17.7 Å². The van der Waals surface area contributed by atoms with Gasteiger partial charge in [0.2, 0.25) is 5.91 Å². The Hall–Kier alpha value is -3.27. The Morgan fingerprint density at radius 3 is 2.54 bits per heavy atom. The van der Waals surface area contributed by atoms with Gasteiger partial charge in [-0.15, -0.1) is 0 Å². The minimum Gasteiger partial charge on any atom is -0.352 e. The highest BCUT2D eigenvalue weighted by Crippen LogP contribution is 2.12. The maximum atomic E-state index is 12.2. The highest BCUT2D eigenvalue weighted by molar-refractivity contribution is 7.89. The van der Waals surface area contributed by atoms with Crippen LogP contribution >= 0.6 is 0 Å². The van der Waals surface area contributed by atoms with E-state index in [1.807, 2.05) is 4.83 Å². The largest absolute Gasteiger partial charge is 0.352 e. The lowest BCUT2D eigenvalue weighted by atomic mass is 10.2. The van der Waals surface area contributed by atoms with E-state index in [0.717, 1.165) is 5.56 Å². The Bertz CT molecular complexity index is 939. The van der Waals surface area contributed by atoms with E-state index in [2.05, 4.69) is 10.4 Å². The molecule has 0 saturated carbocycles. The van der Waals surface area contributed by atoms with Gasteiger partial charge in [-0.1, -0.05) is 24.3 Å². The van der Waals surface area contributed by atoms with Crippen molar-refractivity contribution in [2.45, 2.75) is 18.4 Å². The third-order valence-electron chi connectivity index (χ3n) is 3.24. The van der Waals surface area contributed by atoms with E-state index in [9.17, 15) is 23.3 Å². The summed E-state index contributed by atoms with van der Waals surface area (Å²) >= 11 is 0. The van der Waals surface area contributed by atoms with Crippen LogP contribution in [0.2, 0.25) is 0 Å². The summed E-state index contributed by atoms with van der Waals surface area (Å²) in [5.74, 6) is -0.182. The summed E-state index contributed by atoms with van der Waals surface area (Å²) in [5.41, 5.74) is 1.01. The molecule has 1 amide bonds. The van der Waals surface area contributed by atoms with Gasteiger partial charge in [-0.25, -0.2) is 4.83 Å². The number of nitro benzene ring substituents is 1. The van der Waals surface area contributed by atoms with Crippen LogP contribution in [0, 0.1) is 10.1 Å². The van der Waals surface area contributed by atoms with Crippen molar-refractivity contribution in [1.29, 1.82) is 0 Å². The van der Waals surface area contributed by atoms with E-state index in [0.29, 0.717) is 12.1 Å². The van der Waals surface area contributed by atoms with Crippen LogP contribution in [0.5, 0.6) is 0 Å². The number of nitro groups is 1. The number of non-ortho nitro benzene ring substituents is 1. The zero-order valence-corrected chi connectivity index (χ0v) is 14.6. The van der Waals surface area contributed by atoms with Gasteiger partial charge in [0.1, 0.15) is 0 Å². The van der Waals surface area contributed by atoms with Crippen LogP contribution in [0.4, 0.5) is 5.69 Å². The van der Waals surface area contributed by atoms with Crippen molar-refractivity contribution >= 4 is 27.8 Å². The minimum atomic E-state index is -3.87. The number of amides is 1. The fraction of sp³-hybridized carbons (Fsp3) is 0.125. The molecule has 0 spiro atoms. The number of hydrazone groups is 1. The summed E-state index contributed by atoms with van der Waals surface area (Å²) in [5, 5.41) is 16.9. The number of carbonyl (C=O) groups is 1. The number of nitrogens with one attached hydrogen (secondary N) is 2. The first-order chi connectivity index (χ1) is 12.3. The Morgan fingerprint density at radius 2 is 1.92 bits per heavy atom. The number of hydrogen-bond acceptors (Lipinski definition) is 6. The predicted octanol–water partition coefficient (Wildman–Crippen LogP) is 1.54. The molecule has 2 rings (SSSR count). The van der Waals surface area contributed by atoms with Gasteiger partial charge >= 0.3 is 0 Å². The Kier molecular flexibility index (Phi) is 6.02. The first-order valence-electron chi connectivity index (χ1n) is 7.40. The molecule has 2 N–H and O–H groups in total. The molecule has 0 bridgehead atoms. The molecular formula is C16H16N4O5S. The molecule has 0 atom stereocenters. The Morgan fingerprint density at radius 1 is 1.23 bits per heavy atom. The van der Waals surface area contributed by atoms with Crippen LogP contribution in [0.15, 0.2) is 58.5 Å².